The molecule has 0 saturated carbocycles. The van der Waals surface area contributed by atoms with Crippen LogP contribution in [0.1, 0.15) is 35.7 Å². The van der Waals surface area contributed by atoms with Gasteiger partial charge in [0.1, 0.15) is 11.6 Å². The van der Waals surface area contributed by atoms with E-state index in [-0.39, 0.29) is 0 Å². The van der Waals surface area contributed by atoms with Crippen LogP contribution in [-0.2, 0) is 13.1 Å². The third-order valence-corrected chi connectivity index (χ3v) is 6.72. The number of thiocarbonyl (C=S) groups is 1. The highest BCUT2D eigenvalue weighted by Gasteiger charge is 2.25. The van der Waals surface area contributed by atoms with Crippen molar-refractivity contribution < 1.29 is 14.2 Å². The molecule has 0 aliphatic carbocycles. The first-order valence-electron chi connectivity index (χ1n) is 11.5. The van der Waals surface area contributed by atoms with E-state index in [1.54, 1.807) is 21.3 Å². The van der Waals surface area contributed by atoms with Crippen molar-refractivity contribution in [2.75, 3.05) is 34.4 Å². The first-order chi connectivity index (χ1) is 16.6. The summed E-state index contributed by atoms with van der Waals surface area (Å²) in [4.78, 5) is 6.94. The zero-order chi connectivity index (χ0) is 23.9. The molecule has 1 saturated heterocycles. The van der Waals surface area contributed by atoms with Crippen LogP contribution in [0.2, 0.25) is 0 Å². The van der Waals surface area contributed by atoms with Crippen LogP contribution in [-0.4, -0.2) is 54.0 Å². The number of nitrogens with one attached hydrogen (secondary N) is 1. The highest BCUT2D eigenvalue weighted by atomic mass is 32.1. The van der Waals surface area contributed by atoms with E-state index in [0.717, 1.165) is 66.2 Å². The maximum atomic E-state index is 5.70. The Hall–Kier alpha value is -3.26. The summed E-state index contributed by atoms with van der Waals surface area (Å²) in [5.41, 5.74) is 2.25. The molecule has 0 amide bonds. The van der Waals surface area contributed by atoms with Crippen LogP contribution in [0.3, 0.4) is 0 Å². The van der Waals surface area contributed by atoms with Crippen LogP contribution in [0.5, 0.6) is 17.2 Å². The second kappa shape index (κ2) is 11.2. The molecule has 34 heavy (non-hydrogen) atoms. The second-order valence-corrected chi connectivity index (χ2v) is 8.72. The fourth-order valence-corrected chi connectivity index (χ4v) is 4.71. The number of hydrogen-bond acceptors (Lipinski definition) is 5. The fraction of sp³-hybridized carbons (Fsp3) is 0.385. The van der Waals surface area contributed by atoms with Crippen molar-refractivity contribution in [3.05, 3.63) is 71.8 Å². The monoisotopic (exact) mass is 480 g/mol. The summed E-state index contributed by atoms with van der Waals surface area (Å²) in [5.74, 6) is 3.90. The van der Waals surface area contributed by atoms with E-state index in [1.165, 1.54) is 5.56 Å². The van der Waals surface area contributed by atoms with E-state index in [9.17, 15) is 0 Å². The van der Waals surface area contributed by atoms with E-state index < -0.39 is 0 Å². The minimum atomic E-state index is 0.422. The number of methoxy groups -OCH3 is 3. The van der Waals surface area contributed by atoms with Gasteiger partial charge in [-0.3, -0.25) is 0 Å². The van der Waals surface area contributed by atoms with Gasteiger partial charge in [0.15, 0.2) is 16.6 Å². The van der Waals surface area contributed by atoms with Gasteiger partial charge in [-0.05, 0) is 48.8 Å². The minimum absolute atomic E-state index is 0.422. The fourth-order valence-electron chi connectivity index (χ4n) is 4.46. The molecule has 1 aliphatic heterocycles. The Morgan fingerprint density at radius 2 is 1.79 bits per heavy atom. The number of likely N-dealkylation sites (tertiary alicyclic amines) is 1. The number of aromatic nitrogens is 2. The van der Waals surface area contributed by atoms with Gasteiger partial charge in [0, 0.05) is 50.1 Å². The molecule has 1 N–H and O–H groups in total. The lowest BCUT2D eigenvalue weighted by Crippen LogP contribution is -2.44. The molecular weight excluding hydrogens is 448 g/mol. The van der Waals surface area contributed by atoms with Gasteiger partial charge >= 0.3 is 0 Å². The normalized spacial score (nSPS) is 14.0. The molecule has 2 aromatic carbocycles. The van der Waals surface area contributed by atoms with Gasteiger partial charge in [-0.1, -0.05) is 24.3 Å². The Morgan fingerprint density at radius 1 is 1.03 bits per heavy atom. The number of piperidine rings is 1. The molecule has 0 unspecified atom stereocenters. The molecule has 0 bridgehead atoms. The van der Waals surface area contributed by atoms with Crippen molar-refractivity contribution in [2.24, 2.45) is 0 Å². The molecule has 1 aliphatic rings. The zero-order valence-electron chi connectivity index (χ0n) is 20.0. The highest BCUT2D eigenvalue weighted by Crippen LogP contribution is 2.31. The molecule has 0 radical (unpaired) electrons. The molecule has 0 atom stereocenters. The van der Waals surface area contributed by atoms with Crippen LogP contribution in [0.25, 0.3) is 0 Å². The largest absolute Gasteiger partial charge is 0.497 e. The maximum Gasteiger partial charge on any atom is 0.169 e. The van der Waals surface area contributed by atoms with E-state index >= 15 is 0 Å². The number of para-hydroxylation sites is 1. The molecule has 0 spiro atoms. The highest BCUT2D eigenvalue weighted by molar-refractivity contribution is 7.80. The Bertz CT molecular complexity index is 1090. The molecule has 180 valence electrons. The number of rotatable bonds is 8. The number of ether oxygens (including phenoxy) is 3. The number of imidazole rings is 1. The average Bonchev–Trinajstić information content (AvgIpc) is 3.35. The molecule has 4 rings (SSSR count). The van der Waals surface area contributed by atoms with E-state index in [2.05, 4.69) is 33.1 Å². The summed E-state index contributed by atoms with van der Waals surface area (Å²) < 4.78 is 18.4. The first-order valence-corrected chi connectivity index (χ1v) is 11.9. The van der Waals surface area contributed by atoms with E-state index in [4.69, 9.17) is 31.4 Å². The maximum absolute atomic E-state index is 5.70. The van der Waals surface area contributed by atoms with E-state index in [0.29, 0.717) is 12.5 Å². The van der Waals surface area contributed by atoms with Gasteiger partial charge in [0.25, 0.3) is 0 Å². The van der Waals surface area contributed by atoms with Crippen molar-refractivity contribution in [1.82, 2.24) is 19.8 Å². The third-order valence-electron chi connectivity index (χ3n) is 6.32. The van der Waals surface area contributed by atoms with Gasteiger partial charge in [0.05, 0.1) is 21.3 Å². The summed E-state index contributed by atoms with van der Waals surface area (Å²) in [6.07, 6.45) is 6.01. The van der Waals surface area contributed by atoms with Crippen molar-refractivity contribution in [2.45, 2.75) is 31.8 Å². The summed E-state index contributed by atoms with van der Waals surface area (Å²) in [6, 6.07) is 14.1. The molecule has 3 aromatic rings. The predicted molar refractivity (Wildman–Crippen MR) is 137 cm³/mol. The average molecular weight is 481 g/mol. The van der Waals surface area contributed by atoms with Gasteiger partial charge in [-0.2, -0.15) is 0 Å². The lowest BCUT2D eigenvalue weighted by atomic mass is 9.96. The van der Waals surface area contributed by atoms with Crippen molar-refractivity contribution in [3.8, 4) is 17.2 Å². The Balaban J connectivity index is 1.32. The summed E-state index contributed by atoms with van der Waals surface area (Å²) in [6.45, 7) is 3.20. The number of benzene rings is 2. The smallest absolute Gasteiger partial charge is 0.169 e. The topological polar surface area (TPSA) is 60.8 Å². The van der Waals surface area contributed by atoms with Crippen LogP contribution < -0.4 is 19.5 Å². The minimum Gasteiger partial charge on any atom is -0.497 e. The van der Waals surface area contributed by atoms with Crippen molar-refractivity contribution in [1.29, 1.82) is 0 Å². The lowest BCUT2D eigenvalue weighted by molar-refractivity contribution is 0.300. The van der Waals surface area contributed by atoms with Gasteiger partial charge in [-0.15, -0.1) is 0 Å². The third kappa shape index (κ3) is 5.44. The molecular formula is C26H32N4O3S. The van der Waals surface area contributed by atoms with Gasteiger partial charge in [0.2, 0.25) is 0 Å². The second-order valence-electron chi connectivity index (χ2n) is 8.33. The van der Waals surface area contributed by atoms with Crippen LogP contribution in [0, 0.1) is 0 Å². The Labute approximate surface area is 206 Å². The lowest BCUT2D eigenvalue weighted by Gasteiger charge is -2.34. The summed E-state index contributed by atoms with van der Waals surface area (Å²) in [7, 11) is 4.99. The van der Waals surface area contributed by atoms with Crippen molar-refractivity contribution in [3.63, 3.8) is 0 Å². The summed E-state index contributed by atoms with van der Waals surface area (Å²) >= 11 is 5.70. The zero-order valence-corrected chi connectivity index (χ0v) is 20.8. The van der Waals surface area contributed by atoms with Crippen LogP contribution in [0.15, 0.2) is 54.9 Å². The number of hydrogen-bond donors (Lipinski definition) is 1. The van der Waals surface area contributed by atoms with Gasteiger partial charge in [-0.25, -0.2) is 4.98 Å². The van der Waals surface area contributed by atoms with Crippen molar-refractivity contribution >= 4 is 17.3 Å². The predicted octanol–water partition coefficient (Wildman–Crippen LogP) is 4.21. The molecule has 1 fully saturated rings. The molecule has 7 nitrogen and oxygen atoms in total. The standard InChI is InChI=1S/C26H32N4O3S/c1-31-22-9-7-19(8-10-22)18-30-16-13-27-25(30)20-11-14-29(15-12-20)26(34)28-17-21-5-4-6-23(32-2)24(21)33-3/h4-10,13,16,20H,11-12,14-15,17-18H2,1-3H3,(H,28,34). The van der Waals surface area contributed by atoms with Gasteiger partial charge < -0.3 is 29.0 Å². The first kappa shape index (κ1) is 23.9. The van der Waals surface area contributed by atoms with Crippen LogP contribution >= 0.6 is 12.2 Å². The molecule has 1 aromatic heterocycles. The van der Waals surface area contributed by atoms with Crippen LogP contribution in [0.4, 0.5) is 0 Å². The number of nitrogens with zero attached hydrogens (tertiary/aromatic N) is 3. The van der Waals surface area contributed by atoms with E-state index in [1.807, 2.05) is 36.5 Å². The summed E-state index contributed by atoms with van der Waals surface area (Å²) in [5, 5.41) is 4.16. The quantitative estimate of drug-likeness (QED) is 0.485. The SMILES string of the molecule is COc1ccc(Cn2ccnc2C2CCN(C(=S)NCc3cccc(OC)c3OC)CC2)cc1. The molecule has 8 heteroatoms. The Kier molecular flexibility index (Phi) is 7.90. The molecule has 2 heterocycles. The Morgan fingerprint density at radius 3 is 2.47 bits per heavy atom.